The third-order valence-corrected chi connectivity index (χ3v) is 10.3. The highest BCUT2D eigenvalue weighted by Gasteiger charge is 2.42. The molecule has 0 radical (unpaired) electrons. The number of carbonyl (C=O) groups excluding carboxylic acids is 1. The van der Waals surface area contributed by atoms with Crippen LogP contribution in [0.2, 0.25) is 0 Å². The molecule has 1 amide bonds. The Morgan fingerprint density at radius 1 is 1.17 bits per heavy atom. The molecular formula is C26H25N3O3S4. The van der Waals surface area contributed by atoms with Crippen molar-refractivity contribution in [3.8, 4) is 16.9 Å². The van der Waals surface area contributed by atoms with E-state index < -0.39 is 15.9 Å². The topological polar surface area (TPSA) is 72.3 Å². The molecule has 36 heavy (non-hydrogen) atoms. The van der Waals surface area contributed by atoms with E-state index in [2.05, 4.69) is 31.2 Å². The summed E-state index contributed by atoms with van der Waals surface area (Å²) < 4.78 is 26.2. The van der Waals surface area contributed by atoms with Crippen LogP contribution < -0.4 is 0 Å². The van der Waals surface area contributed by atoms with Gasteiger partial charge in [-0.05, 0) is 48.9 Å². The van der Waals surface area contributed by atoms with Crippen LogP contribution in [0.15, 0.2) is 70.6 Å². The maximum Gasteiger partial charge on any atom is 0.266 e. The SMILES string of the molecule is CCCSc1ccc(-c2nn(-c3ccccc3)cc2C=C2SC(=S)N(C3CCS(=O)(=O)C3)C2=O)cc1. The number of sulfone groups is 1. The first-order valence-electron chi connectivity index (χ1n) is 11.7. The van der Waals surface area contributed by atoms with Crippen LogP contribution in [0.25, 0.3) is 23.0 Å². The fourth-order valence-electron chi connectivity index (χ4n) is 4.27. The lowest BCUT2D eigenvalue weighted by Crippen LogP contribution is -2.39. The van der Waals surface area contributed by atoms with Gasteiger partial charge in [-0.15, -0.1) is 11.8 Å². The Morgan fingerprint density at radius 3 is 2.58 bits per heavy atom. The van der Waals surface area contributed by atoms with Gasteiger partial charge in [-0.25, -0.2) is 13.1 Å². The predicted molar refractivity (Wildman–Crippen MR) is 152 cm³/mol. The highest BCUT2D eigenvalue weighted by Crippen LogP contribution is 2.38. The maximum atomic E-state index is 13.3. The van der Waals surface area contributed by atoms with E-state index in [1.807, 2.05) is 59.0 Å². The molecule has 6 nitrogen and oxygen atoms in total. The van der Waals surface area contributed by atoms with E-state index in [1.54, 1.807) is 0 Å². The van der Waals surface area contributed by atoms with E-state index in [9.17, 15) is 13.2 Å². The molecule has 1 unspecified atom stereocenters. The van der Waals surface area contributed by atoms with Crippen molar-refractivity contribution in [2.75, 3.05) is 17.3 Å². The number of nitrogens with zero attached hydrogens (tertiary/aromatic N) is 3. The average Bonchev–Trinajstić information content (AvgIpc) is 3.53. The van der Waals surface area contributed by atoms with Gasteiger partial charge in [-0.2, -0.15) is 5.10 Å². The van der Waals surface area contributed by atoms with Crippen LogP contribution in [0.1, 0.15) is 25.3 Å². The van der Waals surface area contributed by atoms with Crippen LogP contribution in [0.5, 0.6) is 0 Å². The van der Waals surface area contributed by atoms with Crippen molar-refractivity contribution >= 4 is 61.9 Å². The quantitative estimate of drug-likeness (QED) is 0.219. The molecule has 0 spiro atoms. The Hall–Kier alpha value is -2.40. The van der Waals surface area contributed by atoms with Gasteiger partial charge in [-0.3, -0.25) is 9.69 Å². The van der Waals surface area contributed by atoms with Gasteiger partial charge in [0.05, 0.1) is 33.8 Å². The summed E-state index contributed by atoms with van der Waals surface area (Å²) in [5.74, 6) is 0.884. The van der Waals surface area contributed by atoms with Crippen LogP contribution in [-0.4, -0.2) is 56.6 Å². The molecule has 1 atom stereocenters. The summed E-state index contributed by atoms with van der Waals surface area (Å²) in [6, 6.07) is 17.7. The first-order valence-corrected chi connectivity index (χ1v) is 15.7. The molecular weight excluding hydrogens is 531 g/mol. The summed E-state index contributed by atoms with van der Waals surface area (Å²) in [6.07, 6.45) is 5.27. The van der Waals surface area contributed by atoms with E-state index in [0.717, 1.165) is 34.7 Å². The summed E-state index contributed by atoms with van der Waals surface area (Å²) in [7, 11) is -3.13. The number of para-hydroxylation sites is 1. The van der Waals surface area contributed by atoms with Gasteiger partial charge < -0.3 is 0 Å². The fraction of sp³-hybridized carbons (Fsp3) is 0.269. The van der Waals surface area contributed by atoms with Crippen LogP contribution >= 0.6 is 35.7 Å². The van der Waals surface area contributed by atoms with Gasteiger partial charge in [-0.1, -0.05) is 61.2 Å². The Bertz CT molecular complexity index is 1430. The minimum Gasteiger partial charge on any atom is -0.289 e. The van der Waals surface area contributed by atoms with Gasteiger partial charge in [0.2, 0.25) is 0 Å². The van der Waals surface area contributed by atoms with Crippen molar-refractivity contribution in [3.63, 3.8) is 0 Å². The van der Waals surface area contributed by atoms with Crippen molar-refractivity contribution in [2.45, 2.75) is 30.7 Å². The maximum absolute atomic E-state index is 13.3. The third-order valence-electron chi connectivity index (χ3n) is 6.05. The number of thioether (sulfide) groups is 2. The molecule has 0 N–H and O–H groups in total. The first-order chi connectivity index (χ1) is 17.3. The highest BCUT2D eigenvalue weighted by atomic mass is 32.2. The van der Waals surface area contributed by atoms with Crippen LogP contribution in [0.4, 0.5) is 0 Å². The highest BCUT2D eigenvalue weighted by molar-refractivity contribution is 8.26. The zero-order valence-corrected chi connectivity index (χ0v) is 22.9. The van der Waals surface area contributed by atoms with Crippen molar-refractivity contribution < 1.29 is 13.2 Å². The Balaban J connectivity index is 1.50. The van der Waals surface area contributed by atoms with Crippen LogP contribution in [-0.2, 0) is 14.6 Å². The van der Waals surface area contributed by atoms with Crippen LogP contribution in [0.3, 0.4) is 0 Å². The monoisotopic (exact) mass is 555 g/mol. The summed E-state index contributed by atoms with van der Waals surface area (Å²) in [4.78, 5) is 16.5. The molecule has 3 aromatic rings. The molecule has 2 aromatic carbocycles. The molecule has 0 aliphatic carbocycles. The average molecular weight is 556 g/mol. The van der Waals surface area contributed by atoms with Gasteiger partial charge in [0.15, 0.2) is 9.84 Å². The molecule has 2 saturated heterocycles. The van der Waals surface area contributed by atoms with Crippen molar-refractivity contribution in [1.82, 2.24) is 14.7 Å². The predicted octanol–water partition coefficient (Wildman–Crippen LogP) is 5.43. The largest absolute Gasteiger partial charge is 0.289 e. The van der Waals surface area contributed by atoms with E-state index >= 15 is 0 Å². The summed E-state index contributed by atoms with van der Waals surface area (Å²) in [5, 5.41) is 4.86. The Kier molecular flexibility index (Phi) is 7.39. The molecule has 5 rings (SSSR count). The molecule has 10 heteroatoms. The standard InChI is InChI=1S/C26H25N3O3S4/c1-2-13-34-22-10-8-18(9-11-22)24-19(16-28(27-24)20-6-4-3-5-7-20)15-23-25(30)29(26(33)35-23)21-12-14-36(31,32)17-21/h3-11,15-16,21H,2,12-14,17H2,1H3. The third kappa shape index (κ3) is 5.32. The first kappa shape index (κ1) is 25.3. The normalized spacial score (nSPS) is 20.5. The zero-order chi connectivity index (χ0) is 25.3. The number of thiocarbonyl (C=S) groups is 1. The number of benzene rings is 2. The Morgan fingerprint density at radius 2 is 1.92 bits per heavy atom. The molecule has 2 aliphatic heterocycles. The van der Waals surface area contributed by atoms with Gasteiger partial charge in [0.25, 0.3) is 5.91 Å². The van der Waals surface area contributed by atoms with Gasteiger partial charge in [0, 0.05) is 22.2 Å². The van der Waals surface area contributed by atoms with E-state index in [1.165, 1.54) is 21.6 Å². The zero-order valence-electron chi connectivity index (χ0n) is 19.7. The van der Waals surface area contributed by atoms with E-state index in [0.29, 0.717) is 15.6 Å². The fourth-order valence-corrected chi connectivity index (χ4v) is 8.13. The second kappa shape index (κ2) is 10.5. The molecule has 2 fully saturated rings. The minimum absolute atomic E-state index is 0.0354. The second-order valence-corrected chi connectivity index (χ2v) is 13.8. The van der Waals surface area contributed by atoms with Crippen molar-refractivity contribution in [1.29, 1.82) is 0 Å². The molecule has 3 heterocycles. The molecule has 1 aromatic heterocycles. The lowest BCUT2D eigenvalue weighted by molar-refractivity contribution is -0.123. The molecule has 186 valence electrons. The summed E-state index contributed by atoms with van der Waals surface area (Å²) in [5.41, 5.74) is 3.43. The lowest BCUT2D eigenvalue weighted by Gasteiger charge is -2.20. The summed E-state index contributed by atoms with van der Waals surface area (Å²) >= 11 is 8.53. The molecule has 2 aliphatic rings. The van der Waals surface area contributed by atoms with Gasteiger partial charge in [0.1, 0.15) is 4.32 Å². The van der Waals surface area contributed by atoms with Crippen LogP contribution in [0, 0.1) is 0 Å². The number of carbonyl (C=O) groups is 1. The number of aromatic nitrogens is 2. The van der Waals surface area contributed by atoms with E-state index in [-0.39, 0.29) is 17.4 Å². The van der Waals surface area contributed by atoms with E-state index in [4.69, 9.17) is 17.3 Å². The number of rotatable bonds is 7. The molecule has 0 saturated carbocycles. The Labute approximate surface area is 225 Å². The summed E-state index contributed by atoms with van der Waals surface area (Å²) in [6.45, 7) is 2.16. The van der Waals surface area contributed by atoms with Gasteiger partial charge >= 0.3 is 0 Å². The smallest absolute Gasteiger partial charge is 0.266 e. The second-order valence-electron chi connectivity index (χ2n) is 8.69. The van der Waals surface area contributed by atoms with Crippen molar-refractivity contribution in [2.24, 2.45) is 0 Å². The minimum atomic E-state index is -3.13. The molecule has 0 bridgehead atoms. The lowest BCUT2D eigenvalue weighted by atomic mass is 10.1. The number of hydrogen-bond donors (Lipinski definition) is 0. The number of hydrogen-bond acceptors (Lipinski definition) is 7. The number of amides is 1. The van der Waals surface area contributed by atoms with Crippen molar-refractivity contribution in [3.05, 3.63) is 71.3 Å².